The van der Waals surface area contributed by atoms with Gasteiger partial charge in [-0.1, -0.05) is 0 Å². The molecule has 3 aromatic carbocycles. The van der Waals surface area contributed by atoms with Gasteiger partial charge in [0.2, 0.25) is 0 Å². The van der Waals surface area contributed by atoms with Crippen molar-refractivity contribution >= 4 is 56.1 Å². The molecule has 0 aliphatic carbocycles. The van der Waals surface area contributed by atoms with Crippen molar-refractivity contribution < 1.29 is 8.78 Å². The second-order valence-corrected chi connectivity index (χ2v) is 9.19. The number of rotatable bonds is 3. The lowest BCUT2D eigenvalue weighted by Gasteiger charge is -2.10. The Labute approximate surface area is 163 Å². The van der Waals surface area contributed by atoms with E-state index in [4.69, 9.17) is 0 Å². The lowest BCUT2D eigenvalue weighted by molar-refractivity contribution is 0.626. The molecule has 3 rings (SSSR count). The summed E-state index contributed by atoms with van der Waals surface area (Å²) in [5.41, 5.74) is 0. The molecule has 0 radical (unpaired) electrons. The fourth-order valence-electron chi connectivity index (χ4n) is 2.17. The minimum atomic E-state index is -0.395. The van der Waals surface area contributed by atoms with Gasteiger partial charge < -0.3 is 0 Å². The molecule has 0 bridgehead atoms. The molecule has 0 aliphatic heterocycles. The summed E-state index contributed by atoms with van der Waals surface area (Å²) in [4.78, 5) is 3.18. The number of benzene rings is 3. The average molecular weight is 551 g/mol. The number of hydrogen-bond acceptors (Lipinski definition) is 0. The van der Waals surface area contributed by atoms with Crippen LogP contribution in [0, 0.1) is 18.8 Å². The second-order valence-electron chi connectivity index (χ2n) is 4.79. The largest absolute Gasteiger partial charge is 0.207 e. The molecule has 3 aromatic rings. The van der Waals surface area contributed by atoms with E-state index in [1.807, 2.05) is 0 Å². The van der Waals surface area contributed by atoms with Gasteiger partial charge in [-0.05, 0) is 112 Å². The van der Waals surface area contributed by atoms with Gasteiger partial charge in [0.15, 0.2) is 14.7 Å². The van der Waals surface area contributed by atoms with Gasteiger partial charge in [-0.3, -0.25) is 0 Å². The van der Waals surface area contributed by atoms with Gasteiger partial charge in [-0.15, -0.1) is 0 Å². The van der Waals surface area contributed by atoms with Crippen molar-refractivity contribution in [3.63, 3.8) is 0 Å². The molecule has 0 nitrogen and oxygen atoms in total. The molecule has 0 aromatic heterocycles. The first kappa shape index (κ1) is 17.2. The predicted molar refractivity (Wildman–Crippen MR) is 107 cm³/mol. The molecule has 0 heterocycles. The van der Waals surface area contributed by atoms with E-state index in [1.54, 1.807) is 24.3 Å². The first-order valence-electron chi connectivity index (χ1n) is 6.75. The maximum atomic E-state index is 13.3. The predicted octanol–water partition coefficient (Wildman–Crippen LogP) is 6.27. The van der Waals surface area contributed by atoms with Crippen LogP contribution < -0.4 is 0 Å². The molecule has 0 N–H and O–H groups in total. The SMILES string of the molecule is Fc1ccc([S+](c2ccc(F)cc2)c2ccc(I)cc2I)cc1. The van der Waals surface area contributed by atoms with Crippen molar-refractivity contribution in [2.24, 2.45) is 0 Å². The molecular weight excluding hydrogens is 540 g/mol. The molecule has 0 unspecified atom stereocenters. The summed E-state index contributed by atoms with van der Waals surface area (Å²) in [5.74, 6) is -0.512. The van der Waals surface area contributed by atoms with Gasteiger partial charge in [-0.25, -0.2) is 8.78 Å². The molecule has 0 saturated heterocycles. The van der Waals surface area contributed by atoms with E-state index in [0.717, 1.165) is 21.8 Å². The smallest absolute Gasteiger partial charge is 0.179 e. The van der Waals surface area contributed by atoms with Crippen LogP contribution in [0.5, 0.6) is 0 Å². The lowest BCUT2D eigenvalue weighted by Crippen LogP contribution is -2.07. The fourth-order valence-corrected chi connectivity index (χ4v) is 6.49. The Bertz CT molecular complexity index is 772. The maximum Gasteiger partial charge on any atom is 0.179 e. The summed E-state index contributed by atoms with van der Waals surface area (Å²) >= 11 is 4.60. The zero-order valence-electron chi connectivity index (χ0n) is 11.8. The van der Waals surface area contributed by atoms with Gasteiger partial charge >= 0.3 is 0 Å². The molecule has 116 valence electrons. The highest BCUT2D eigenvalue weighted by Crippen LogP contribution is 2.34. The van der Waals surface area contributed by atoms with Crippen LogP contribution in [-0.4, -0.2) is 0 Å². The van der Waals surface area contributed by atoms with Gasteiger partial charge in [0.05, 0.1) is 3.57 Å². The van der Waals surface area contributed by atoms with Crippen molar-refractivity contribution in [1.82, 2.24) is 0 Å². The standard InChI is InChI=1S/C18H11F2I2S/c19-12-1-6-15(7-2-12)23(16-8-3-13(20)4-9-16)18-10-5-14(21)11-17(18)22/h1-11H/q+1. The third-order valence-corrected chi connectivity index (χ3v) is 7.42. The van der Waals surface area contributed by atoms with Crippen LogP contribution in [0.15, 0.2) is 81.4 Å². The van der Waals surface area contributed by atoms with Crippen LogP contribution in [0.25, 0.3) is 0 Å². The summed E-state index contributed by atoms with van der Waals surface area (Å²) in [5, 5.41) is 0. The monoisotopic (exact) mass is 551 g/mol. The average Bonchev–Trinajstić information content (AvgIpc) is 2.53. The van der Waals surface area contributed by atoms with Crippen LogP contribution in [0.2, 0.25) is 0 Å². The normalized spacial score (nSPS) is 11.0. The van der Waals surface area contributed by atoms with E-state index in [2.05, 4.69) is 63.4 Å². The van der Waals surface area contributed by atoms with E-state index in [0.29, 0.717) is 0 Å². The Kier molecular flexibility index (Phi) is 5.58. The van der Waals surface area contributed by atoms with E-state index >= 15 is 0 Å². The summed E-state index contributed by atoms with van der Waals surface area (Å²) < 4.78 is 28.9. The minimum absolute atomic E-state index is 0.256. The lowest BCUT2D eigenvalue weighted by atomic mass is 10.3. The van der Waals surface area contributed by atoms with Gasteiger partial charge in [-0.2, -0.15) is 0 Å². The molecule has 0 amide bonds. The van der Waals surface area contributed by atoms with Gasteiger partial charge in [0, 0.05) is 3.57 Å². The Morgan fingerprint density at radius 1 is 0.652 bits per heavy atom. The molecule has 0 aliphatic rings. The Morgan fingerprint density at radius 3 is 1.57 bits per heavy atom. The van der Waals surface area contributed by atoms with Crippen molar-refractivity contribution in [3.8, 4) is 0 Å². The second kappa shape index (κ2) is 7.48. The summed E-state index contributed by atoms with van der Waals surface area (Å²) in [6, 6.07) is 19.4. The van der Waals surface area contributed by atoms with Crippen LogP contribution in [0.4, 0.5) is 8.78 Å². The number of hydrogen-bond donors (Lipinski definition) is 0. The highest BCUT2D eigenvalue weighted by atomic mass is 127. The Balaban J connectivity index is 2.16. The van der Waals surface area contributed by atoms with Crippen molar-refractivity contribution in [2.75, 3.05) is 0 Å². The highest BCUT2D eigenvalue weighted by molar-refractivity contribution is 14.1. The molecule has 0 fully saturated rings. The Hall–Kier alpha value is -0.670. The first-order valence-corrected chi connectivity index (χ1v) is 10.1. The zero-order valence-corrected chi connectivity index (χ0v) is 16.9. The van der Waals surface area contributed by atoms with Crippen LogP contribution in [-0.2, 0) is 10.9 Å². The van der Waals surface area contributed by atoms with Crippen molar-refractivity contribution in [1.29, 1.82) is 0 Å². The topological polar surface area (TPSA) is 0 Å². The van der Waals surface area contributed by atoms with Gasteiger partial charge in [0.25, 0.3) is 0 Å². The Morgan fingerprint density at radius 2 is 1.13 bits per heavy atom. The molecule has 23 heavy (non-hydrogen) atoms. The van der Waals surface area contributed by atoms with Crippen LogP contribution >= 0.6 is 45.2 Å². The molecular formula is C18H11F2I2S+. The quantitative estimate of drug-likeness (QED) is 0.266. The summed E-state index contributed by atoms with van der Waals surface area (Å²) in [6.07, 6.45) is 0. The molecule has 5 heteroatoms. The maximum absolute atomic E-state index is 13.3. The fraction of sp³-hybridized carbons (Fsp3) is 0. The minimum Gasteiger partial charge on any atom is -0.207 e. The van der Waals surface area contributed by atoms with Crippen molar-refractivity contribution in [2.45, 2.75) is 14.7 Å². The molecule has 0 saturated carbocycles. The molecule has 0 atom stereocenters. The van der Waals surface area contributed by atoms with Crippen molar-refractivity contribution in [3.05, 3.63) is 85.5 Å². The van der Waals surface area contributed by atoms with E-state index in [9.17, 15) is 8.78 Å². The zero-order chi connectivity index (χ0) is 16.4. The molecule has 0 spiro atoms. The van der Waals surface area contributed by atoms with Crippen LogP contribution in [0.1, 0.15) is 0 Å². The van der Waals surface area contributed by atoms with E-state index in [1.165, 1.54) is 24.3 Å². The van der Waals surface area contributed by atoms with Crippen LogP contribution in [0.3, 0.4) is 0 Å². The third-order valence-electron chi connectivity index (χ3n) is 3.21. The first-order chi connectivity index (χ1) is 11.0. The van der Waals surface area contributed by atoms with E-state index in [-0.39, 0.29) is 11.6 Å². The van der Waals surface area contributed by atoms with Gasteiger partial charge in [0.1, 0.15) is 22.5 Å². The highest BCUT2D eigenvalue weighted by Gasteiger charge is 2.31. The van der Waals surface area contributed by atoms with E-state index < -0.39 is 10.9 Å². The third kappa shape index (κ3) is 4.06. The number of halogens is 4. The summed E-state index contributed by atoms with van der Waals surface area (Å²) in [6.45, 7) is 0. The summed E-state index contributed by atoms with van der Waals surface area (Å²) in [7, 11) is -0.395.